The van der Waals surface area contributed by atoms with Crippen LogP contribution in [0.4, 0.5) is 8.78 Å². The molecule has 0 aromatic heterocycles. The predicted molar refractivity (Wildman–Crippen MR) is 71.1 cm³/mol. The van der Waals surface area contributed by atoms with E-state index >= 15 is 0 Å². The Morgan fingerprint density at radius 3 is 2.45 bits per heavy atom. The molecule has 20 heavy (non-hydrogen) atoms. The number of hydrogen-bond acceptors (Lipinski definition) is 4. The Morgan fingerprint density at radius 1 is 1.30 bits per heavy atom. The number of sulfonamides is 1. The molecule has 1 N–H and O–H groups in total. The van der Waals surface area contributed by atoms with Gasteiger partial charge in [-0.05, 0) is 22.0 Å². The van der Waals surface area contributed by atoms with Gasteiger partial charge in [-0.25, -0.2) is 30.3 Å². The second-order valence-electron chi connectivity index (χ2n) is 4.08. The van der Waals surface area contributed by atoms with Crippen LogP contribution in [-0.4, -0.2) is 28.6 Å². The van der Waals surface area contributed by atoms with Crippen LogP contribution in [0, 0.1) is 11.6 Å². The van der Waals surface area contributed by atoms with E-state index in [-0.39, 0.29) is 4.47 Å². The number of hydrogen-bond donors (Lipinski definition) is 1. The SMILES string of the molecule is O=S1(=O)C=CC(NS(=O)(=O)c2c(F)cc(F)cc2Br)C1. The molecule has 1 aromatic rings. The lowest BCUT2D eigenvalue weighted by molar-refractivity contribution is 0.538. The molecule has 0 radical (unpaired) electrons. The van der Waals surface area contributed by atoms with Gasteiger partial charge in [0.15, 0.2) is 9.84 Å². The van der Waals surface area contributed by atoms with Crippen molar-refractivity contribution in [2.45, 2.75) is 10.9 Å². The first-order valence-electron chi connectivity index (χ1n) is 5.18. The van der Waals surface area contributed by atoms with E-state index in [1.54, 1.807) is 0 Å². The number of benzene rings is 1. The maximum Gasteiger partial charge on any atom is 0.245 e. The number of rotatable bonds is 3. The minimum absolute atomic E-state index is 0.285. The molecule has 2 rings (SSSR count). The molecule has 1 aliphatic rings. The largest absolute Gasteiger partial charge is 0.245 e. The normalized spacial score (nSPS) is 21.2. The predicted octanol–water partition coefficient (Wildman–Crippen LogP) is 1.32. The van der Waals surface area contributed by atoms with Crippen LogP contribution in [0.1, 0.15) is 0 Å². The van der Waals surface area contributed by atoms with E-state index < -0.39 is 48.2 Å². The minimum atomic E-state index is -4.33. The summed E-state index contributed by atoms with van der Waals surface area (Å²) in [6.07, 6.45) is 1.15. The third-order valence-electron chi connectivity index (χ3n) is 2.47. The zero-order valence-electron chi connectivity index (χ0n) is 9.68. The Morgan fingerprint density at radius 2 is 1.95 bits per heavy atom. The van der Waals surface area contributed by atoms with Gasteiger partial charge in [0.2, 0.25) is 10.0 Å². The molecule has 1 atom stereocenters. The van der Waals surface area contributed by atoms with Gasteiger partial charge in [0.05, 0.1) is 11.8 Å². The number of nitrogens with one attached hydrogen (secondary N) is 1. The highest BCUT2D eigenvalue weighted by Gasteiger charge is 2.30. The van der Waals surface area contributed by atoms with E-state index in [1.807, 2.05) is 4.72 Å². The Labute approximate surface area is 122 Å². The quantitative estimate of drug-likeness (QED) is 0.847. The van der Waals surface area contributed by atoms with Crippen molar-refractivity contribution >= 4 is 35.8 Å². The van der Waals surface area contributed by atoms with Crippen LogP contribution in [0.5, 0.6) is 0 Å². The Balaban J connectivity index is 2.36. The third kappa shape index (κ3) is 3.25. The number of halogens is 3. The Kier molecular flexibility index (Phi) is 4.02. The van der Waals surface area contributed by atoms with Crippen LogP contribution in [0.25, 0.3) is 0 Å². The first kappa shape index (κ1) is 15.5. The molecular formula is C10H8BrF2NO4S2. The zero-order chi connectivity index (χ0) is 15.1. The molecule has 5 nitrogen and oxygen atoms in total. The number of sulfone groups is 1. The average Bonchev–Trinajstić information content (AvgIpc) is 2.54. The molecule has 1 aliphatic heterocycles. The van der Waals surface area contributed by atoms with Crippen molar-refractivity contribution in [3.8, 4) is 0 Å². The van der Waals surface area contributed by atoms with Crippen molar-refractivity contribution in [2.75, 3.05) is 5.75 Å². The van der Waals surface area contributed by atoms with Gasteiger partial charge in [-0.15, -0.1) is 0 Å². The topological polar surface area (TPSA) is 80.3 Å². The summed E-state index contributed by atoms with van der Waals surface area (Å²) < 4.78 is 74.7. The first-order valence-corrected chi connectivity index (χ1v) is 9.18. The highest BCUT2D eigenvalue weighted by Crippen LogP contribution is 2.26. The van der Waals surface area contributed by atoms with Gasteiger partial charge >= 0.3 is 0 Å². The molecule has 0 aliphatic carbocycles. The molecule has 1 heterocycles. The highest BCUT2D eigenvalue weighted by atomic mass is 79.9. The van der Waals surface area contributed by atoms with Gasteiger partial charge in [-0.2, -0.15) is 0 Å². The van der Waals surface area contributed by atoms with Crippen LogP contribution in [0.15, 0.2) is 33.0 Å². The molecule has 1 unspecified atom stereocenters. The van der Waals surface area contributed by atoms with Crippen LogP contribution < -0.4 is 4.72 Å². The fourth-order valence-electron chi connectivity index (χ4n) is 1.69. The second kappa shape index (κ2) is 5.17. The zero-order valence-corrected chi connectivity index (χ0v) is 12.9. The Hall–Kier alpha value is -0.840. The van der Waals surface area contributed by atoms with E-state index in [2.05, 4.69) is 15.9 Å². The molecule has 0 saturated heterocycles. The van der Waals surface area contributed by atoms with Crippen molar-refractivity contribution in [1.29, 1.82) is 0 Å². The summed E-state index contributed by atoms with van der Waals surface area (Å²) in [6, 6.07) is 0.251. The fourth-order valence-corrected chi connectivity index (χ4v) is 5.39. The monoisotopic (exact) mass is 387 g/mol. The molecule has 0 bridgehead atoms. The summed E-state index contributed by atoms with van der Waals surface area (Å²) in [5.74, 6) is -2.64. The van der Waals surface area contributed by atoms with Gasteiger partial charge in [0.25, 0.3) is 0 Å². The molecule has 0 spiro atoms. The van der Waals surface area contributed by atoms with E-state index in [1.165, 1.54) is 0 Å². The van der Waals surface area contributed by atoms with Crippen molar-refractivity contribution < 1.29 is 25.6 Å². The standard InChI is InChI=1S/C10H8BrF2NO4S2/c11-8-3-6(12)4-9(13)10(8)20(17,18)14-7-1-2-19(15,16)5-7/h1-4,7,14H,5H2. The van der Waals surface area contributed by atoms with Gasteiger partial charge < -0.3 is 0 Å². The molecule has 10 heteroatoms. The van der Waals surface area contributed by atoms with E-state index in [9.17, 15) is 25.6 Å². The summed E-state index contributed by atoms with van der Waals surface area (Å²) in [5.41, 5.74) is 0. The average molecular weight is 388 g/mol. The maximum absolute atomic E-state index is 13.6. The lowest BCUT2D eigenvalue weighted by atomic mass is 10.3. The lowest BCUT2D eigenvalue weighted by Gasteiger charge is -2.12. The summed E-state index contributed by atoms with van der Waals surface area (Å²) in [6.45, 7) is 0. The van der Waals surface area contributed by atoms with E-state index in [0.29, 0.717) is 6.07 Å². The summed E-state index contributed by atoms with van der Waals surface area (Å²) in [5, 5.41) is 0.885. The Bertz CT molecular complexity index is 766. The summed E-state index contributed by atoms with van der Waals surface area (Å²) in [7, 11) is -7.78. The smallest absolute Gasteiger partial charge is 0.224 e. The maximum atomic E-state index is 13.6. The van der Waals surface area contributed by atoms with Gasteiger partial charge in [0.1, 0.15) is 16.5 Å². The lowest BCUT2D eigenvalue weighted by Crippen LogP contribution is -2.36. The molecule has 0 saturated carbocycles. The third-order valence-corrected chi connectivity index (χ3v) is 6.32. The molecule has 1 aromatic carbocycles. The van der Waals surface area contributed by atoms with Crippen molar-refractivity contribution in [3.63, 3.8) is 0 Å². The van der Waals surface area contributed by atoms with Crippen LogP contribution >= 0.6 is 15.9 Å². The minimum Gasteiger partial charge on any atom is -0.224 e. The van der Waals surface area contributed by atoms with Crippen LogP contribution in [0.2, 0.25) is 0 Å². The van der Waals surface area contributed by atoms with Crippen molar-refractivity contribution in [2.24, 2.45) is 0 Å². The van der Waals surface area contributed by atoms with E-state index in [0.717, 1.165) is 17.6 Å². The van der Waals surface area contributed by atoms with Gasteiger partial charge in [-0.3, -0.25) is 0 Å². The fraction of sp³-hybridized carbons (Fsp3) is 0.200. The van der Waals surface area contributed by atoms with Crippen molar-refractivity contribution in [3.05, 3.63) is 39.7 Å². The summed E-state index contributed by atoms with van der Waals surface area (Å²) >= 11 is 2.77. The van der Waals surface area contributed by atoms with Gasteiger partial charge in [-0.1, -0.05) is 6.08 Å². The van der Waals surface area contributed by atoms with Crippen LogP contribution in [0.3, 0.4) is 0 Å². The second-order valence-corrected chi connectivity index (χ2v) is 8.52. The van der Waals surface area contributed by atoms with Crippen LogP contribution in [-0.2, 0) is 19.9 Å². The molecule has 0 fully saturated rings. The molecular weight excluding hydrogens is 380 g/mol. The van der Waals surface area contributed by atoms with E-state index in [4.69, 9.17) is 0 Å². The molecule has 0 amide bonds. The first-order chi connectivity index (χ1) is 9.11. The van der Waals surface area contributed by atoms with Crippen molar-refractivity contribution in [1.82, 2.24) is 4.72 Å². The summed E-state index contributed by atoms with van der Waals surface area (Å²) in [4.78, 5) is -0.767. The molecule has 110 valence electrons. The highest BCUT2D eigenvalue weighted by molar-refractivity contribution is 9.10. The van der Waals surface area contributed by atoms with Gasteiger partial charge in [0, 0.05) is 15.9 Å².